The number of hydrazine groups is 1. The van der Waals surface area contributed by atoms with E-state index >= 15 is 0 Å². The summed E-state index contributed by atoms with van der Waals surface area (Å²) in [6, 6.07) is 0.333. The molecule has 1 aromatic rings. The van der Waals surface area contributed by atoms with E-state index in [4.69, 9.17) is 17.4 Å². The second-order valence-corrected chi connectivity index (χ2v) is 4.48. The molecule has 1 rings (SSSR count). The quantitative estimate of drug-likeness (QED) is 0.398. The molecule has 0 aliphatic rings. The van der Waals surface area contributed by atoms with Gasteiger partial charge in [-0.25, -0.2) is 10.8 Å². The third kappa shape index (κ3) is 4.75. The number of nitrogens with one attached hydrogen (secondary N) is 2. The van der Waals surface area contributed by atoms with Crippen LogP contribution in [0.25, 0.3) is 0 Å². The van der Waals surface area contributed by atoms with Crippen LogP contribution in [0.4, 0.5) is 11.8 Å². The summed E-state index contributed by atoms with van der Waals surface area (Å²) >= 11 is 6.00. The van der Waals surface area contributed by atoms with E-state index in [1.165, 1.54) is 25.5 Å². The Morgan fingerprint density at radius 2 is 2.24 bits per heavy atom. The van der Waals surface area contributed by atoms with Crippen LogP contribution in [0.5, 0.6) is 0 Å². The van der Waals surface area contributed by atoms with Gasteiger partial charge in [-0.2, -0.15) is 4.98 Å². The summed E-state index contributed by atoms with van der Waals surface area (Å²) in [6.45, 7) is 4.31. The maximum absolute atomic E-state index is 6.00. The first-order chi connectivity index (χ1) is 8.17. The SMILES string of the molecule is CCCCCC(C)Nc1nc(NN)ncc1Cl. The van der Waals surface area contributed by atoms with Gasteiger partial charge in [-0.15, -0.1) is 0 Å². The number of anilines is 2. The fraction of sp³-hybridized carbons (Fsp3) is 0.636. The lowest BCUT2D eigenvalue weighted by molar-refractivity contribution is 0.613. The van der Waals surface area contributed by atoms with E-state index in [0.717, 1.165) is 6.42 Å². The fourth-order valence-corrected chi connectivity index (χ4v) is 1.69. The topological polar surface area (TPSA) is 75.9 Å². The van der Waals surface area contributed by atoms with Crippen molar-refractivity contribution in [1.29, 1.82) is 0 Å². The Kier molecular flexibility index (Phi) is 6.00. The highest BCUT2D eigenvalue weighted by Gasteiger charge is 2.08. The molecular weight excluding hydrogens is 238 g/mol. The van der Waals surface area contributed by atoms with E-state index < -0.39 is 0 Å². The first kappa shape index (κ1) is 14.0. The first-order valence-electron chi connectivity index (χ1n) is 5.93. The van der Waals surface area contributed by atoms with Crippen molar-refractivity contribution in [3.05, 3.63) is 11.2 Å². The molecule has 0 radical (unpaired) electrons. The van der Waals surface area contributed by atoms with E-state index in [1.807, 2.05) is 0 Å². The summed E-state index contributed by atoms with van der Waals surface area (Å²) in [7, 11) is 0. The van der Waals surface area contributed by atoms with E-state index in [2.05, 4.69) is 34.6 Å². The van der Waals surface area contributed by atoms with Gasteiger partial charge in [0.1, 0.15) is 5.02 Å². The predicted molar refractivity (Wildman–Crippen MR) is 72.1 cm³/mol. The minimum absolute atomic E-state index is 0.333. The lowest BCUT2D eigenvalue weighted by Crippen LogP contribution is -2.18. The largest absolute Gasteiger partial charge is 0.366 e. The lowest BCUT2D eigenvalue weighted by atomic mass is 10.1. The Bertz CT molecular complexity index is 345. The molecule has 96 valence electrons. The van der Waals surface area contributed by atoms with Gasteiger partial charge in [-0.3, -0.25) is 5.43 Å². The Labute approximate surface area is 107 Å². The van der Waals surface area contributed by atoms with Gasteiger partial charge in [0.25, 0.3) is 0 Å². The van der Waals surface area contributed by atoms with Crippen molar-refractivity contribution in [3.63, 3.8) is 0 Å². The molecule has 0 amide bonds. The van der Waals surface area contributed by atoms with Gasteiger partial charge < -0.3 is 5.32 Å². The molecule has 4 N–H and O–H groups in total. The van der Waals surface area contributed by atoms with Gasteiger partial charge in [0.05, 0.1) is 6.20 Å². The van der Waals surface area contributed by atoms with Gasteiger partial charge in [-0.05, 0) is 13.3 Å². The third-order valence-electron chi connectivity index (χ3n) is 2.50. The van der Waals surface area contributed by atoms with Gasteiger partial charge in [0.2, 0.25) is 5.95 Å². The average molecular weight is 258 g/mol. The van der Waals surface area contributed by atoms with Crippen LogP contribution in [-0.4, -0.2) is 16.0 Å². The normalized spacial score (nSPS) is 12.2. The van der Waals surface area contributed by atoms with Crippen molar-refractivity contribution < 1.29 is 0 Å². The monoisotopic (exact) mass is 257 g/mol. The molecule has 0 aliphatic heterocycles. The number of halogens is 1. The van der Waals surface area contributed by atoms with Gasteiger partial charge >= 0.3 is 0 Å². The standard InChI is InChI=1S/C11H20ClN5/c1-3-4-5-6-8(2)15-10-9(12)7-14-11(16-10)17-13/h7-8H,3-6,13H2,1-2H3,(H2,14,15,16,17). The van der Waals surface area contributed by atoms with Crippen LogP contribution in [0.3, 0.4) is 0 Å². The summed E-state index contributed by atoms with van der Waals surface area (Å²) in [6.07, 6.45) is 6.31. The highest BCUT2D eigenvalue weighted by Crippen LogP contribution is 2.20. The molecule has 0 bridgehead atoms. The molecule has 17 heavy (non-hydrogen) atoms. The van der Waals surface area contributed by atoms with Crippen LogP contribution in [0.15, 0.2) is 6.20 Å². The predicted octanol–water partition coefficient (Wildman–Crippen LogP) is 2.80. The maximum Gasteiger partial charge on any atom is 0.239 e. The third-order valence-corrected chi connectivity index (χ3v) is 2.77. The van der Waals surface area contributed by atoms with E-state index in [9.17, 15) is 0 Å². The van der Waals surface area contributed by atoms with E-state index in [1.54, 1.807) is 0 Å². The van der Waals surface area contributed by atoms with Gasteiger partial charge in [-0.1, -0.05) is 37.8 Å². The molecule has 0 aliphatic carbocycles. The molecule has 1 heterocycles. The Hall–Kier alpha value is -1.07. The number of nitrogen functional groups attached to an aromatic ring is 1. The molecule has 1 atom stereocenters. The van der Waals surface area contributed by atoms with Gasteiger partial charge in [0.15, 0.2) is 5.82 Å². The molecule has 0 aromatic carbocycles. The lowest BCUT2D eigenvalue weighted by Gasteiger charge is -2.15. The summed E-state index contributed by atoms with van der Waals surface area (Å²) in [4.78, 5) is 8.09. The smallest absolute Gasteiger partial charge is 0.239 e. The van der Waals surface area contributed by atoms with Crippen LogP contribution < -0.4 is 16.6 Å². The summed E-state index contributed by atoms with van der Waals surface area (Å²) in [5.41, 5.74) is 2.40. The Balaban J connectivity index is 2.54. The van der Waals surface area contributed by atoms with Crippen molar-refractivity contribution in [2.24, 2.45) is 5.84 Å². The minimum Gasteiger partial charge on any atom is -0.366 e. The Morgan fingerprint density at radius 1 is 1.47 bits per heavy atom. The summed E-state index contributed by atoms with van der Waals surface area (Å²) in [5.74, 6) is 6.23. The van der Waals surface area contributed by atoms with Crippen LogP contribution in [-0.2, 0) is 0 Å². The number of hydrogen-bond donors (Lipinski definition) is 3. The number of aromatic nitrogens is 2. The highest BCUT2D eigenvalue weighted by molar-refractivity contribution is 6.32. The zero-order chi connectivity index (χ0) is 12.7. The maximum atomic E-state index is 6.00. The highest BCUT2D eigenvalue weighted by atomic mass is 35.5. The molecule has 5 nitrogen and oxygen atoms in total. The second kappa shape index (κ2) is 7.29. The van der Waals surface area contributed by atoms with Gasteiger partial charge in [0, 0.05) is 6.04 Å². The van der Waals surface area contributed by atoms with E-state index in [-0.39, 0.29) is 0 Å². The van der Waals surface area contributed by atoms with Crippen LogP contribution >= 0.6 is 11.6 Å². The van der Waals surface area contributed by atoms with Crippen molar-refractivity contribution in [2.75, 3.05) is 10.7 Å². The molecule has 0 saturated carbocycles. The van der Waals surface area contributed by atoms with Crippen LogP contribution in [0, 0.1) is 0 Å². The molecule has 0 fully saturated rings. The molecule has 1 unspecified atom stereocenters. The molecule has 1 aromatic heterocycles. The number of hydrogen-bond acceptors (Lipinski definition) is 5. The number of nitrogens with two attached hydrogens (primary N) is 1. The molecular formula is C11H20ClN5. The molecule has 6 heteroatoms. The summed E-state index contributed by atoms with van der Waals surface area (Å²) in [5, 5.41) is 3.77. The fourth-order valence-electron chi connectivity index (χ4n) is 1.54. The summed E-state index contributed by atoms with van der Waals surface area (Å²) < 4.78 is 0. The second-order valence-electron chi connectivity index (χ2n) is 4.08. The van der Waals surface area contributed by atoms with Crippen LogP contribution in [0.2, 0.25) is 5.02 Å². The first-order valence-corrected chi connectivity index (χ1v) is 6.30. The van der Waals surface area contributed by atoms with Crippen molar-refractivity contribution in [2.45, 2.75) is 45.6 Å². The number of rotatable bonds is 7. The van der Waals surface area contributed by atoms with Crippen molar-refractivity contribution in [1.82, 2.24) is 9.97 Å². The minimum atomic E-state index is 0.333. The van der Waals surface area contributed by atoms with Crippen molar-refractivity contribution in [3.8, 4) is 0 Å². The van der Waals surface area contributed by atoms with E-state index in [0.29, 0.717) is 22.8 Å². The molecule has 0 saturated heterocycles. The number of unbranched alkanes of at least 4 members (excludes halogenated alkanes) is 2. The Morgan fingerprint density at radius 3 is 2.88 bits per heavy atom. The van der Waals surface area contributed by atoms with Crippen molar-refractivity contribution >= 4 is 23.4 Å². The number of nitrogens with zero attached hydrogens (tertiary/aromatic N) is 2. The molecule has 0 spiro atoms. The zero-order valence-corrected chi connectivity index (χ0v) is 11.1. The zero-order valence-electron chi connectivity index (χ0n) is 10.3. The van der Waals surface area contributed by atoms with Crippen LogP contribution in [0.1, 0.15) is 39.5 Å². The average Bonchev–Trinajstić information content (AvgIpc) is 2.32.